The number of methoxy groups -OCH3 is 1. The van der Waals surface area contributed by atoms with E-state index < -0.39 is 28.0 Å². The second-order valence-electron chi connectivity index (χ2n) is 7.47. The topological polar surface area (TPSA) is 79.8 Å². The van der Waals surface area contributed by atoms with Gasteiger partial charge in [0.25, 0.3) is 0 Å². The number of rotatable bonds is 8. The van der Waals surface area contributed by atoms with Crippen LogP contribution in [0.15, 0.2) is 36.5 Å². The number of hydrogen-bond acceptors (Lipinski definition) is 6. The van der Waals surface area contributed by atoms with E-state index >= 15 is 0 Å². The Balaban J connectivity index is 1.82. The lowest BCUT2D eigenvalue weighted by Crippen LogP contribution is -2.41. The first-order chi connectivity index (χ1) is 15.2. The van der Waals surface area contributed by atoms with Gasteiger partial charge in [0.1, 0.15) is 12.0 Å². The Morgan fingerprint density at radius 1 is 1.28 bits per heavy atom. The number of carbonyl (C=O) groups excluding carboxylic acids is 1. The van der Waals surface area contributed by atoms with Gasteiger partial charge in [0.05, 0.1) is 41.4 Å². The van der Waals surface area contributed by atoms with E-state index in [0.717, 1.165) is 10.4 Å². The number of sulfonamides is 1. The largest absolute Gasteiger partial charge is 0.465 e. The third kappa shape index (κ3) is 6.14. The van der Waals surface area contributed by atoms with E-state index in [1.54, 1.807) is 0 Å². The second kappa shape index (κ2) is 10.5. The van der Waals surface area contributed by atoms with Gasteiger partial charge < -0.3 is 9.64 Å². The highest BCUT2D eigenvalue weighted by Crippen LogP contribution is 2.27. The average Bonchev–Trinajstić information content (AvgIpc) is 2.79. The molecular formula is C21H24ClF2N3O4S. The quantitative estimate of drug-likeness (QED) is 0.531. The lowest BCUT2D eigenvalue weighted by molar-refractivity contribution is 0.0600. The first-order valence-corrected chi connectivity index (χ1v) is 12.0. The SMILES string of the molecule is COC(=O)c1ccc(CN(c2ccc(F)c(Cl)c2)S(=O)(=O)CCN2CCC(F)CC2)nc1. The maximum atomic E-state index is 13.7. The Hall–Kier alpha value is -2.30. The zero-order valence-corrected chi connectivity index (χ0v) is 19.1. The molecular weight excluding hydrogens is 464 g/mol. The van der Waals surface area contributed by atoms with Crippen molar-refractivity contribution in [1.29, 1.82) is 0 Å². The molecule has 0 atom stereocenters. The van der Waals surface area contributed by atoms with Gasteiger partial charge >= 0.3 is 5.97 Å². The summed E-state index contributed by atoms with van der Waals surface area (Å²) in [4.78, 5) is 17.7. The molecule has 2 heterocycles. The van der Waals surface area contributed by atoms with Gasteiger partial charge in [-0.05, 0) is 43.2 Å². The molecule has 7 nitrogen and oxygen atoms in total. The molecule has 0 radical (unpaired) electrons. The van der Waals surface area contributed by atoms with Crippen LogP contribution in [0.2, 0.25) is 5.02 Å². The number of carbonyl (C=O) groups is 1. The van der Waals surface area contributed by atoms with Crippen LogP contribution < -0.4 is 4.31 Å². The van der Waals surface area contributed by atoms with E-state index in [-0.39, 0.29) is 35.1 Å². The van der Waals surface area contributed by atoms with Gasteiger partial charge in [-0.3, -0.25) is 9.29 Å². The number of esters is 1. The summed E-state index contributed by atoms with van der Waals surface area (Å²) in [5.74, 6) is -1.43. The van der Waals surface area contributed by atoms with Crippen molar-refractivity contribution in [3.8, 4) is 0 Å². The zero-order chi connectivity index (χ0) is 23.3. The molecule has 2 aromatic rings. The minimum Gasteiger partial charge on any atom is -0.465 e. The van der Waals surface area contributed by atoms with Gasteiger partial charge in [0.15, 0.2) is 0 Å². The molecule has 0 unspecified atom stereocenters. The molecule has 11 heteroatoms. The lowest BCUT2D eigenvalue weighted by Gasteiger charge is -2.30. The molecule has 0 aliphatic carbocycles. The summed E-state index contributed by atoms with van der Waals surface area (Å²) in [7, 11) is -2.61. The van der Waals surface area contributed by atoms with Gasteiger partial charge in [-0.1, -0.05) is 11.6 Å². The number of benzene rings is 1. The van der Waals surface area contributed by atoms with E-state index in [2.05, 4.69) is 9.72 Å². The predicted octanol–water partition coefficient (Wildman–Crippen LogP) is 3.43. The minimum atomic E-state index is -3.86. The summed E-state index contributed by atoms with van der Waals surface area (Å²) < 4.78 is 59.3. The first kappa shape index (κ1) is 24.3. The number of anilines is 1. The van der Waals surface area contributed by atoms with Crippen LogP contribution in [0.25, 0.3) is 0 Å². The van der Waals surface area contributed by atoms with Crippen LogP contribution >= 0.6 is 11.6 Å². The van der Waals surface area contributed by atoms with Gasteiger partial charge in [-0.2, -0.15) is 0 Å². The van der Waals surface area contributed by atoms with Gasteiger partial charge in [-0.15, -0.1) is 0 Å². The molecule has 0 N–H and O–H groups in total. The molecule has 3 rings (SSSR count). The molecule has 1 fully saturated rings. The molecule has 0 bridgehead atoms. The van der Waals surface area contributed by atoms with E-state index in [1.165, 1.54) is 37.6 Å². The molecule has 0 amide bonds. The Morgan fingerprint density at radius 3 is 2.59 bits per heavy atom. The van der Waals surface area contributed by atoms with Crippen LogP contribution in [0.1, 0.15) is 28.9 Å². The Bertz CT molecular complexity index is 1050. The summed E-state index contributed by atoms with van der Waals surface area (Å²) in [5, 5.41) is -0.207. The predicted molar refractivity (Wildman–Crippen MR) is 118 cm³/mol. The van der Waals surface area contributed by atoms with Crippen molar-refractivity contribution in [2.75, 3.05) is 36.8 Å². The van der Waals surface area contributed by atoms with Gasteiger partial charge in [0, 0.05) is 25.8 Å². The van der Waals surface area contributed by atoms with E-state index in [0.29, 0.717) is 31.6 Å². The smallest absolute Gasteiger partial charge is 0.339 e. The third-order valence-electron chi connectivity index (χ3n) is 5.26. The average molecular weight is 488 g/mol. The van der Waals surface area contributed by atoms with Crippen molar-refractivity contribution >= 4 is 33.3 Å². The fourth-order valence-electron chi connectivity index (χ4n) is 3.37. The number of alkyl halides is 1. The Morgan fingerprint density at radius 2 is 2.00 bits per heavy atom. The Labute approximate surface area is 191 Å². The summed E-state index contributed by atoms with van der Waals surface area (Å²) in [5.41, 5.74) is 0.796. The highest BCUT2D eigenvalue weighted by Gasteiger charge is 2.26. The summed E-state index contributed by atoms with van der Waals surface area (Å²) in [6, 6.07) is 6.67. The van der Waals surface area contributed by atoms with Gasteiger partial charge in [0.2, 0.25) is 10.0 Å². The van der Waals surface area contributed by atoms with Crippen molar-refractivity contribution in [3.05, 3.63) is 58.6 Å². The van der Waals surface area contributed by atoms with Crippen molar-refractivity contribution in [2.45, 2.75) is 25.6 Å². The maximum Gasteiger partial charge on any atom is 0.339 e. The fraction of sp³-hybridized carbons (Fsp3) is 0.429. The molecule has 1 aromatic carbocycles. The summed E-state index contributed by atoms with van der Waals surface area (Å²) in [6.45, 7) is 1.10. The fourth-order valence-corrected chi connectivity index (χ4v) is 5.02. The molecule has 32 heavy (non-hydrogen) atoms. The molecule has 1 aliphatic heterocycles. The molecule has 174 valence electrons. The number of pyridine rings is 1. The van der Waals surface area contributed by atoms with Crippen LogP contribution in [0.5, 0.6) is 0 Å². The van der Waals surface area contributed by atoms with Crippen LogP contribution in [-0.2, 0) is 21.3 Å². The van der Waals surface area contributed by atoms with Crippen molar-refractivity contribution in [2.24, 2.45) is 0 Å². The number of aromatic nitrogens is 1. The molecule has 0 spiro atoms. The number of likely N-dealkylation sites (tertiary alicyclic amines) is 1. The first-order valence-electron chi connectivity index (χ1n) is 10.0. The number of hydrogen-bond donors (Lipinski definition) is 0. The highest BCUT2D eigenvalue weighted by atomic mass is 35.5. The van der Waals surface area contributed by atoms with E-state index in [4.69, 9.17) is 11.6 Å². The van der Waals surface area contributed by atoms with Crippen LogP contribution in [-0.4, -0.2) is 62.9 Å². The summed E-state index contributed by atoms with van der Waals surface area (Å²) >= 11 is 5.89. The number of piperidine rings is 1. The van der Waals surface area contributed by atoms with Gasteiger partial charge in [-0.25, -0.2) is 22.0 Å². The molecule has 1 aromatic heterocycles. The van der Waals surface area contributed by atoms with Crippen LogP contribution in [0, 0.1) is 5.82 Å². The highest BCUT2D eigenvalue weighted by molar-refractivity contribution is 7.92. The van der Waals surface area contributed by atoms with Crippen molar-refractivity contribution in [3.63, 3.8) is 0 Å². The van der Waals surface area contributed by atoms with E-state index in [1.807, 2.05) is 4.90 Å². The minimum absolute atomic E-state index is 0.141. The molecule has 0 saturated carbocycles. The lowest BCUT2D eigenvalue weighted by atomic mass is 10.1. The van der Waals surface area contributed by atoms with Crippen LogP contribution in [0.4, 0.5) is 14.5 Å². The zero-order valence-electron chi connectivity index (χ0n) is 17.5. The monoisotopic (exact) mass is 487 g/mol. The maximum absolute atomic E-state index is 13.7. The van der Waals surface area contributed by atoms with Crippen molar-refractivity contribution in [1.82, 2.24) is 9.88 Å². The van der Waals surface area contributed by atoms with Crippen LogP contribution in [0.3, 0.4) is 0 Å². The molecule has 1 saturated heterocycles. The normalized spacial score (nSPS) is 15.5. The van der Waals surface area contributed by atoms with E-state index in [9.17, 15) is 22.0 Å². The molecule has 1 aliphatic rings. The third-order valence-corrected chi connectivity index (χ3v) is 7.26. The number of ether oxygens (including phenoxy) is 1. The van der Waals surface area contributed by atoms with Crippen molar-refractivity contribution < 1.29 is 26.7 Å². The Kier molecular flexibility index (Phi) is 8.02. The number of halogens is 3. The number of nitrogens with zero attached hydrogens (tertiary/aromatic N) is 3. The summed E-state index contributed by atoms with van der Waals surface area (Å²) in [6.07, 6.45) is 1.21. The standard InChI is InChI=1S/C21H24ClF2N3O4S/c1-31-21(28)15-2-3-17(25-13-15)14-27(18-4-5-20(24)19(22)12-18)32(29,30)11-10-26-8-6-16(23)7-9-26/h2-5,12-13,16H,6-11,14H2,1H3. The second-order valence-corrected chi connectivity index (χ2v) is 9.89.